The van der Waals surface area contributed by atoms with Gasteiger partial charge in [0.15, 0.2) is 0 Å². The van der Waals surface area contributed by atoms with Crippen molar-refractivity contribution in [2.45, 2.75) is 13.8 Å². The van der Waals surface area contributed by atoms with Gasteiger partial charge in [0.25, 0.3) is 5.69 Å². The number of nitro benzene ring substituents is 1. The van der Waals surface area contributed by atoms with Gasteiger partial charge in [-0.3, -0.25) is 10.1 Å². The molecule has 1 aromatic carbocycles. The van der Waals surface area contributed by atoms with E-state index in [1.54, 1.807) is 6.07 Å². The molecule has 0 saturated heterocycles. The Kier molecular flexibility index (Phi) is 4.94. The maximum atomic E-state index is 10.7. The van der Waals surface area contributed by atoms with Crippen LogP contribution in [0.1, 0.15) is 13.8 Å². The van der Waals surface area contributed by atoms with Crippen molar-refractivity contribution in [3.05, 3.63) is 32.8 Å². The Hall–Kier alpha value is -0.620. The molecule has 0 aromatic heterocycles. The Morgan fingerprint density at radius 3 is 2.59 bits per heavy atom. The van der Waals surface area contributed by atoms with E-state index in [1.165, 1.54) is 12.1 Å². The second-order valence-electron chi connectivity index (χ2n) is 4.49. The van der Waals surface area contributed by atoms with E-state index in [2.05, 4.69) is 31.9 Å². The van der Waals surface area contributed by atoms with E-state index >= 15 is 0 Å². The molecule has 0 saturated carbocycles. The van der Waals surface area contributed by atoms with Gasteiger partial charge in [-0.1, -0.05) is 45.7 Å². The molecule has 0 radical (unpaired) electrons. The van der Waals surface area contributed by atoms with Gasteiger partial charge in [-0.15, -0.1) is 0 Å². The van der Waals surface area contributed by atoms with Crippen molar-refractivity contribution in [1.29, 1.82) is 0 Å². The molecule has 4 nitrogen and oxygen atoms in total. The number of hydrogen-bond donors (Lipinski definition) is 0. The highest BCUT2D eigenvalue weighted by molar-refractivity contribution is 9.10. The van der Waals surface area contributed by atoms with E-state index in [-0.39, 0.29) is 11.1 Å². The van der Waals surface area contributed by atoms with Crippen LogP contribution in [0.4, 0.5) is 5.69 Å². The van der Waals surface area contributed by atoms with Gasteiger partial charge in [0.05, 0.1) is 17.6 Å². The number of non-ortho nitro benzene ring substituents is 1. The lowest BCUT2D eigenvalue weighted by molar-refractivity contribution is -0.385. The van der Waals surface area contributed by atoms with Crippen LogP contribution >= 0.6 is 31.9 Å². The normalized spacial score (nSPS) is 11.3. The van der Waals surface area contributed by atoms with Gasteiger partial charge >= 0.3 is 0 Å². The summed E-state index contributed by atoms with van der Waals surface area (Å²) in [6.45, 7) is 4.59. The van der Waals surface area contributed by atoms with Crippen LogP contribution in [-0.4, -0.2) is 16.9 Å². The average molecular weight is 367 g/mol. The summed E-state index contributed by atoms with van der Waals surface area (Å²) in [6, 6.07) is 4.59. The zero-order chi connectivity index (χ0) is 13.1. The summed E-state index contributed by atoms with van der Waals surface area (Å²) < 4.78 is 6.21. The Bertz CT molecular complexity index is 421. The first kappa shape index (κ1) is 14.4. The molecule has 0 aliphatic carbocycles. The molecule has 0 atom stereocenters. The van der Waals surface area contributed by atoms with E-state index in [4.69, 9.17) is 4.74 Å². The summed E-state index contributed by atoms with van der Waals surface area (Å²) in [6.07, 6.45) is 0. The van der Waals surface area contributed by atoms with Gasteiger partial charge in [-0.05, 0) is 6.07 Å². The zero-order valence-corrected chi connectivity index (χ0v) is 12.7. The number of halogens is 2. The topological polar surface area (TPSA) is 52.4 Å². The van der Waals surface area contributed by atoms with E-state index in [1.807, 2.05) is 13.8 Å². The molecule has 0 spiro atoms. The molecule has 0 fully saturated rings. The summed E-state index contributed by atoms with van der Waals surface area (Å²) in [5, 5.41) is 11.5. The van der Waals surface area contributed by atoms with E-state index in [0.29, 0.717) is 16.8 Å². The molecule has 0 aliphatic rings. The van der Waals surface area contributed by atoms with Gasteiger partial charge in [-0.25, -0.2) is 0 Å². The Morgan fingerprint density at radius 1 is 1.41 bits per heavy atom. The second kappa shape index (κ2) is 5.82. The SMILES string of the molecule is CC(C)(CBr)COc1cc(Br)cc([N+](=O)[O-])c1. The van der Waals surface area contributed by atoms with Crippen LogP contribution in [0.2, 0.25) is 0 Å². The fraction of sp³-hybridized carbons (Fsp3) is 0.455. The molecule has 17 heavy (non-hydrogen) atoms. The smallest absolute Gasteiger partial charge is 0.274 e. The molecule has 6 heteroatoms. The van der Waals surface area contributed by atoms with Crippen LogP contribution in [0.25, 0.3) is 0 Å². The first-order chi connectivity index (χ1) is 7.84. The monoisotopic (exact) mass is 365 g/mol. The molecule has 0 N–H and O–H groups in total. The molecule has 0 bridgehead atoms. The number of benzene rings is 1. The molecular formula is C11H13Br2NO3. The molecular weight excluding hydrogens is 354 g/mol. The lowest BCUT2D eigenvalue weighted by Gasteiger charge is -2.21. The molecule has 0 heterocycles. The predicted octanol–water partition coefficient (Wildman–Crippen LogP) is 4.16. The van der Waals surface area contributed by atoms with Crippen LogP contribution < -0.4 is 4.74 Å². The molecule has 0 aliphatic heterocycles. The van der Waals surface area contributed by atoms with Gasteiger partial charge in [0.1, 0.15) is 5.75 Å². The summed E-state index contributed by atoms with van der Waals surface area (Å²) in [5.74, 6) is 0.500. The lowest BCUT2D eigenvalue weighted by atomic mass is 9.98. The summed E-state index contributed by atoms with van der Waals surface area (Å²) >= 11 is 6.62. The fourth-order valence-corrected chi connectivity index (χ4v) is 1.68. The number of hydrogen-bond acceptors (Lipinski definition) is 3. The third-order valence-electron chi connectivity index (χ3n) is 2.06. The maximum absolute atomic E-state index is 10.7. The van der Waals surface area contributed by atoms with Crippen LogP contribution in [0.5, 0.6) is 5.75 Å². The van der Waals surface area contributed by atoms with Crippen LogP contribution in [0.3, 0.4) is 0 Å². The molecule has 94 valence electrons. The van der Waals surface area contributed by atoms with Gasteiger partial charge in [0, 0.05) is 21.3 Å². The number of alkyl halides is 1. The molecule has 1 rings (SSSR count). The minimum Gasteiger partial charge on any atom is -0.493 e. The Morgan fingerprint density at radius 2 is 2.06 bits per heavy atom. The summed E-state index contributed by atoms with van der Waals surface area (Å²) in [7, 11) is 0. The predicted molar refractivity (Wildman–Crippen MR) is 73.9 cm³/mol. The minimum atomic E-state index is -0.437. The number of nitro groups is 1. The Labute approximate surface area is 117 Å². The molecule has 0 unspecified atom stereocenters. The van der Waals surface area contributed by atoms with Crippen molar-refractivity contribution < 1.29 is 9.66 Å². The zero-order valence-electron chi connectivity index (χ0n) is 9.57. The third kappa shape index (κ3) is 4.63. The average Bonchev–Trinajstić information content (AvgIpc) is 2.26. The van der Waals surface area contributed by atoms with Crippen LogP contribution in [0, 0.1) is 15.5 Å². The van der Waals surface area contributed by atoms with Crippen molar-refractivity contribution in [2.24, 2.45) is 5.41 Å². The van der Waals surface area contributed by atoms with Gasteiger partial charge < -0.3 is 4.74 Å². The van der Waals surface area contributed by atoms with E-state index < -0.39 is 4.92 Å². The lowest BCUT2D eigenvalue weighted by Crippen LogP contribution is -2.22. The van der Waals surface area contributed by atoms with E-state index in [0.717, 1.165) is 5.33 Å². The van der Waals surface area contributed by atoms with Gasteiger partial charge in [0.2, 0.25) is 0 Å². The number of nitrogens with zero attached hydrogens (tertiary/aromatic N) is 1. The van der Waals surface area contributed by atoms with E-state index in [9.17, 15) is 10.1 Å². The van der Waals surface area contributed by atoms with Crippen molar-refractivity contribution in [2.75, 3.05) is 11.9 Å². The number of rotatable bonds is 5. The number of ether oxygens (including phenoxy) is 1. The standard InChI is InChI=1S/C11H13Br2NO3/c1-11(2,6-12)7-17-10-4-8(13)3-9(5-10)14(15)16/h3-5H,6-7H2,1-2H3. The molecule has 0 amide bonds. The quantitative estimate of drug-likeness (QED) is 0.446. The first-order valence-corrected chi connectivity index (χ1v) is 6.89. The maximum Gasteiger partial charge on any atom is 0.274 e. The minimum absolute atomic E-state index is 0.0168. The Balaban J connectivity index is 2.81. The van der Waals surface area contributed by atoms with Crippen molar-refractivity contribution in [1.82, 2.24) is 0 Å². The molecule has 1 aromatic rings. The van der Waals surface area contributed by atoms with Gasteiger partial charge in [-0.2, -0.15) is 0 Å². The van der Waals surface area contributed by atoms with Crippen LogP contribution in [-0.2, 0) is 0 Å². The second-order valence-corrected chi connectivity index (χ2v) is 5.97. The van der Waals surface area contributed by atoms with Crippen molar-refractivity contribution in [3.8, 4) is 5.75 Å². The van der Waals surface area contributed by atoms with Crippen molar-refractivity contribution >= 4 is 37.5 Å². The first-order valence-electron chi connectivity index (χ1n) is 4.98. The highest BCUT2D eigenvalue weighted by Crippen LogP contribution is 2.28. The van der Waals surface area contributed by atoms with Crippen molar-refractivity contribution in [3.63, 3.8) is 0 Å². The summed E-state index contributed by atoms with van der Waals surface area (Å²) in [4.78, 5) is 10.2. The fourth-order valence-electron chi connectivity index (χ4n) is 1.05. The third-order valence-corrected chi connectivity index (χ3v) is 4.03. The highest BCUT2D eigenvalue weighted by Gasteiger charge is 2.18. The largest absolute Gasteiger partial charge is 0.493 e. The highest BCUT2D eigenvalue weighted by atomic mass is 79.9. The van der Waals surface area contributed by atoms with Crippen LogP contribution in [0.15, 0.2) is 22.7 Å². The summed E-state index contributed by atoms with van der Waals surface area (Å²) in [5.41, 5.74) is 0.00270.